The molecule has 1 aromatic carbocycles. The molecule has 0 aliphatic heterocycles. The van der Waals surface area contributed by atoms with E-state index in [4.69, 9.17) is 4.74 Å². The van der Waals surface area contributed by atoms with Crippen LogP contribution in [0.3, 0.4) is 0 Å². The summed E-state index contributed by atoms with van der Waals surface area (Å²) in [7, 11) is 1.60. The maximum Gasteiger partial charge on any atom is 0.294 e. The summed E-state index contributed by atoms with van der Waals surface area (Å²) in [5.74, 6) is 0.411. The van der Waals surface area contributed by atoms with Gasteiger partial charge in [-0.05, 0) is 31.2 Å². The zero-order valence-corrected chi connectivity index (χ0v) is 15.3. The standard InChI is InChI=1S/C18H18N4O3S/c1-4-9-19-14(23)10-22-18(24)16-17(26-11(2)20-16)15(21-22)12-5-7-13(25-3)8-6-12/h4-8H,1,9-10H2,2-3H3,(H,19,23). The van der Waals surface area contributed by atoms with E-state index in [9.17, 15) is 9.59 Å². The van der Waals surface area contributed by atoms with Crippen LogP contribution in [0.5, 0.6) is 5.75 Å². The second-order valence-electron chi connectivity index (χ2n) is 5.54. The van der Waals surface area contributed by atoms with Gasteiger partial charge in [-0.15, -0.1) is 17.9 Å². The second-order valence-corrected chi connectivity index (χ2v) is 6.75. The van der Waals surface area contributed by atoms with Crippen molar-refractivity contribution in [1.82, 2.24) is 20.1 Å². The van der Waals surface area contributed by atoms with Crippen LogP contribution in [0, 0.1) is 6.92 Å². The van der Waals surface area contributed by atoms with E-state index in [1.54, 1.807) is 13.2 Å². The maximum absolute atomic E-state index is 12.7. The number of hydrogen-bond donors (Lipinski definition) is 1. The molecule has 0 radical (unpaired) electrons. The van der Waals surface area contributed by atoms with Gasteiger partial charge < -0.3 is 10.1 Å². The van der Waals surface area contributed by atoms with E-state index in [2.05, 4.69) is 22.0 Å². The predicted molar refractivity (Wildman–Crippen MR) is 102 cm³/mol. The Morgan fingerprint density at radius 1 is 1.38 bits per heavy atom. The minimum atomic E-state index is -0.379. The highest BCUT2D eigenvalue weighted by atomic mass is 32.1. The van der Waals surface area contributed by atoms with E-state index in [1.165, 1.54) is 11.3 Å². The molecule has 0 saturated carbocycles. The Morgan fingerprint density at radius 3 is 2.77 bits per heavy atom. The molecule has 2 aromatic heterocycles. The first kappa shape index (κ1) is 17.8. The number of carbonyl (C=O) groups excluding carboxylic acids is 1. The Balaban J connectivity index is 2.11. The number of ether oxygens (including phenoxy) is 1. The Bertz CT molecular complexity index is 1020. The molecule has 2 heterocycles. The number of rotatable bonds is 6. The highest BCUT2D eigenvalue weighted by Gasteiger charge is 2.17. The number of aryl methyl sites for hydroxylation is 1. The van der Waals surface area contributed by atoms with Crippen molar-refractivity contribution in [3.8, 4) is 17.0 Å². The summed E-state index contributed by atoms with van der Waals surface area (Å²) in [6, 6.07) is 7.37. The number of aromatic nitrogens is 3. The van der Waals surface area contributed by atoms with Gasteiger partial charge in [0, 0.05) is 12.1 Å². The Labute approximate surface area is 153 Å². The molecule has 8 heteroatoms. The van der Waals surface area contributed by atoms with Crippen LogP contribution in [-0.2, 0) is 11.3 Å². The lowest BCUT2D eigenvalue weighted by Gasteiger charge is -2.09. The van der Waals surface area contributed by atoms with Crippen molar-refractivity contribution < 1.29 is 9.53 Å². The summed E-state index contributed by atoms with van der Waals surface area (Å²) in [4.78, 5) is 29.0. The van der Waals surface area contributed by atoms with Crippen molar-refractivity contribution in [3.63, 3.8) is 0 Å². The summed E-state index contributed by atoms with van der Waals surface area (Å²) < 4.78 is 7.04. The third kappa shape index (κ3) is 3.50. The van der Waals surface area contributed by atoms with Crippen LogP contribution in [0.4, 0.5) is 0 Å². The van der Waals surface area contributed by atoms with E-state index < -0.39 is 0 Å². The first-order valence-corrected chi connectivity index (χ1v) is 8.75. The smallest absolute Gasteiger partial charge is 0.294 e. The molecule has 134 valence electrons. The number of carbonyl (C=O) groups is 1. The molecule has 26 heavy (non-hydrogen) atoms. The van der Waals surface area contributed by atoms with Crippen LogP contribution in [0.15, 0.2) is 41.7 Å². The molecular formula is C18H18N4O3S. The first-order chi connectivity index (χ1) is 12.5. The highest BCUT2D eigenvalue weighted by Crippen LogP contribution is 2.30. The van der Waals surface area contributed by atoms with Gasteiger partial charge in [-0.25, -0.2) is 9.67 Å². The van der Waals surface area contributed by atoms with Gasteiger partial charge >= 0.3 is 0 Å². The zero-order valence-electron chi connectivity index (χ0n) is 14.5. The van der Waals surface area contributed by atoms with Crippen molar-refractivity contribution in [2.45, 2.75) is 13.5 Å². The van der Waals surface area contributed by atoms with Gasteiger partial charge in [-0.1, -0.05) is 6.08 Å². The van der Waals surface area contributed by atoms with Crippen molar-refractivity contribution in [2.24, 2.45) is 0 Å². The zero-order chi connectivity index (χ0) is 18.7. The van der Waals surface area contributed by atoms with Gasteiger partial charge in [0.1, 0.15) is 18.0 Å². The van der Waals surface area contributed by atoms with Crippen LogP contribution >= 0.6 is 11.3 Å². The molecule has 0 fully saturated rings. The molecule has 0 aliphatic rings. The molecule has 0 unspecified atom stereocenters. The summed E-state index contributed by atoms with van der Waals surface area (Å²) in [6.45, 7) is 5.54. The van der Waals surface area contributed by atoms with Crippen LogP contribution in [0.25, 0.3) is 21.5 Å². The first-order valence-electron chi connectivity index (χ1n) is 7.93. The molecule has 3 rings (SSSR count). The van der Waals surface area contributed by atoms with Crippen LogP contribution < -0.4 is 15.6 Å². The van der Waals surface area contributed by atoms with Gasteiger partial charge in [0.15, 0.2) is 5.52 Å². The number of nitrogens with one attached hydrogen (secondary N) is 1. The van der Waals surface area contributed by atoms with Gasteiger partial charge in [0.2, 0.25) is 5.91 Å². The van der Waals surface area contributed by atoms with E-state index in [0.717, 1.165) is 21.0 Å². The quantitative estimate of drug-likeness (QED) is 0.672. The molecule has 0 saturated heterocycles. The number of hydrogen-bond acceptors (Lipinski definition) is 6. The lowest BCUT2D eigenvalue weighted by Crippen LogP contribution is -2.34. The summed E-state index contributed by atoms with van der Waals surface area (Å²) in [5, 5.41) is 7.85. The van der Waals surface area contributed by atoms with Gasteiger partial charge in [0.25, 0.3) is 5.56 Å². The molecular weight excluding hydrogens is 352 g/mol. The molecule has 7 nitrogen and oxygen atoms in total. The Kier molecular flexibility index (Phi) is 5.13. The van der Waals surface area contributed by atoms with Crippen molar-refractivity contribution >= 4 is 27.5 Å². The number of benzene rings is 1. The van der Waals surface area contributed by atoms with E-state index in [0.29, 0.717) is 22.5 Å². The predicted octanol–water partition coefficient (Wildman–Crippen LogP) is 2.14. The molecule has 0 spiro atoms. The summed E-state index contributed by atoms with van der Waals surface area (Å²) in [6.07, 6.45) is 1.57. The molecule has 0 bridgehead atoms. The lowest BCUT2D eigenvalue weighted by molar-refractivity contribution is -0.121. The maximum atomic E-state index is 12.7. The molecule has 0 atom stereocenters. The van der Waals surface area contributed by atoms with Crippen molar-refractivity contribution in [1.29, 1.82) is 0 Å². The van der Waals surface area contributed by atoms with E-state index in [1.807, 2.05) is 31.2 Å². The van der Waals surface area contributed by atoms with Gasteiger partial charge in [0.05, 0.1) is 16.8 Å². The molecule has 0 aliphatic carbocycles. The Morgan fingerprint density at radius 2 is 2.12 bits per heavy atom. The Hall–Kier alpha value is -3.00. The van der Waals surface area contributed by atoms with Crippen molar-refractivity contribution in [3.05, 3.63) is 52.3 Å². The second kappa shape index (κ2) is 7.49. The van der Waals surface area contributed by atoms with Crippen LogP contribution in [0.2, 0.25) is 0 Å². The fourth-order valence-corrected chi connectivity index (χ4v) is 3.41. The number of nitrogens with zero attached hydrogens (tertiary/aromatic N) is 3. The number of thiazole rings is 1. The minimum absolute atomic E-state index is 0.178. The number of fused-ring (bicyclic) bond motifs is 1. The highest BCUT2D eigenvalue weighted by molar-refractivity contribution is 7.19. The lowest BCUT2D eigenvalue weighted by atomic mass is 10.1. The SMILES string of the molecule is C=CCNC(=O)Cn1nc(-c2ccc(OC)cc2)c2sc(C)nc2c1=O. The fourth-order valence-electron chi connectivity index (χ4n) is 2.49. The minimum Gasteiger partial charge on any atom is -0.497 e. The summed E-state index contributed by atoms with van der Waals surface area (Å²) in [5.41, 5.74) is 1.38. The van der Waals surface area contributed by atoms with E-state index in [-0.39, 0.29) is 18.0 Å². The van der Waals surface area contributed by atoms with Gasteiger partial charge in [-0.2, -0.15) is 5.10 Å². The fraction of sp³-hybridized carbons (Fsp3) is 0.222. The number of methoxy groups -OCH3 is 1. The average molecular weight is 370 g/mol. The number of amides is 1. The van der Waals surface area contributed by atoms with Crippen LogP contribution in [0.1, 0.15) is 5.01 Å². The molecule has 3 aromatic rings. The topological polar surface area (TPSA) is 86.1 Å². The monoisotopic (exact) mass is 370 g/mol. The third-order valence-corrected chi connectivity index (χ3v) is 4.68. The van der Waals surface area contributed by atoms with Crippen LogP contribution in [-0.4, -0.2) is 34.3 Å². The third-order valence-electron chi connectivity index (χ3n) is 3.71. The summed E-state index contributed by atoms with van der Waals surface area (Å²) >= 11 is 1.41. The molecule has 1 amide bonds. The normalized spacial score (nSPS) is 10.7. The molecule has 1 N–H and O–H groups in total. The van der Waals surface area contributed by atoms with E-state index >= 15 is 0 Å². The average Bonchev–Trinajstić information content (AvgIpc) is 3.04. The van der Waals surface area contributed by atoms with Crippen molar-refractivity contribution in [2.75, 3.05) is 13.7 Å². The largest absolute Gasteiger partial charge is 0.497 e. The van der Waals surface area contributed by atoms with Gasteiger partial charge in [-0.3, -0.25) is 9.59 Å².